The number of hydrogen-bond acceptors (Lipinski definition) is 5. The number of hydrogen-bond donors (Lipinski definition) is 2. The minimum atomic E-state index is -3.80. The second-order valence-electron chi connectivity index (χ2n) is 5.40. The smallest absolute Gasteiger partial charge is 0.262 e. The number of anilines is 1. The Kier molecular flexibility index (Phi) is 4.02. The van der Waals surface area contributed by atoms with Crippen molar-refractivity contribution >= 4 is 15.7 Å². The van der Waals surface area contributed by atoms with E-state index in [0.29, 0.717) is 11.6 Å². The number of aryl methyl sites for hydroxylation is 2. The van der Waals surface area contributed by atoms with Crippen molar-refractivity contribution in [3.05, 3.63) is 60.2 Å². The summed E-state index contributed by atoms with van der Waals surface area (Å²) in [7, 11) is -3.80. The van der Waals surface area contributed by atoms with E-state index >= 15 is 0 Å². The lowest BCUT2D eigenvalue weighted by molar-refractivity contribution is 0.477. The summed E-state index contributed by atoms with van der Waals surface area (Å²) in [6.45, 7) is 3.55. The van der Waals surface area contributed by atoms with Crippen LogP contribution in [0.5, 0.6) is 5.75 Å². The minimum absolute atomic E-state index is 0.0902. The summed E-state index contributed by atoms with van der Waals surface area (Å²) < 4.78 is 32.5. The first-order chi connectivity index (χ1) is 11.3. The van der Waals surface area contributed by atoms with Gasteiger partial charge in [0.15, 0.2) is 5.89 Å². The number of phenolic OH excluding ortho intramolecular Hbond substituents is 1. The molecule has 0 radical (unpaired) electrons. The number of phenols is 1. The Bertz CT molecular complexity index is 976. The zero-order valence-corrected chi connectivity index (χ0v) is 14.0. The molecule has 0 amide bonds. The fourth-order valence-electron chi connectivity index (χ4n) is 2.24. The number of benzene rings is 2. The Morgan fingerprint density at radius 1 is 1.08 bits per heavy atom. The SMILES string of the molecule is Cc1ccc(O)c(NS(=O)(=O)c2ccc(-c3coc(C)n3)cc2)c1. The van der Waals surface area contributed by atoms with Crippen LogP contribution in [0.4, 0.5) is 5.69 Å². The molecule has 6 nitrogen and oxygen atoms in total. The molecule has 2 N–H and O–H groups in total. The second kappa shape index (κ2) is 6.01. The molecule has 7 heteroatoms. The van der Waals surface area contributed by atoms with Gasteiger partial charge in [-0.3, -0.25) is 4.72 Å². The van der Waals surface area contributed by atoms with Gasteiger partial charge in [0.25, 0.3) is 10.0 Å². The van der Waals surface area contributed by atoms with Crippen LogP contribution in [-0.2, 0) is 10.0 Å². The number of sulfonamides is 1. The summed E-state index contributed by atoms with van der Waals surface area (Å²) in [4.78, 5) is 4.29. The molecule has 0 aliphatic carbocycles. The van der Waals surface area contributed by atoms with Crippen molar-refractivity contribution in [3.63, 3.8) is 0 Å². The Balaban J connectivity index is 1.88. The fourth-order valence-corrected chi connectivity index (χ4v) is 3.30. The van der Waals surface area contributed by atoms with Gasteiger partial charge in [0.2, 0.25) is 0 Å². The van der Waals surface area contributed by atoms with E-state index in [2.05, 4.69) is 9.71 Å². The molecule has 24 heavy (non-hydrogen) atoms. The predicted octanol–water partition coefficient (Wildman–Crippen LogP) is 3.46. The van der Waals surface area contributed by atoms with Gasteiger partial charge in [-0.2, -0.15) is 0 Å². The summed E-state index contributed by atoms with van der Waals surface area (Å²) >= 11 is 0. The fraction of sp³-hybridized carbons (Fsp3) is 0.118. The molecule has 0 spiro atoms. The molecule has 3 aromatic rings. The summed E-state index contributed by atoms with van der Waals surface area (Å²) in [6, 6.07) is 11.0. The highest BCUT2D eigenvalue weighted by molar-refractivity contribution is 7.92. The van der Waals surface area contributed by atoms with Crippen molar-refractivity contribution in [2.24, 2.45) is 0 Å². The van der Waals surface area contributed by atoms with Gasteiger partial charge in [-0.25, -0.2) is 13.4 Å². The number of rotatable bonds is 4. The van der Waals surface area contributed by atoms with Gasteiger partial charge >= 0.3 is 0 Å². The summed E-state index contributed by atoms with van der Waals surface area (Å²) in [5.74, 6) is 0.414. The molecule has 0 aliphatic rings. The molecular formula is C17H16N2O4S. The van der Waals surface area contributed by atoms with E-state index in [1.165, 1.54) is 24.5 Å². The largest absolute Gasteiger partial charge is 0.506 e. The van der Waals surface area contributed by atoms with Crippen LogP contribution < -0.4 is 4.72 Å². The Labute approximate surface area is 139 Å². The third kappa shape index (κ3) is 3.26. The number of nitrogens with zero attached hydrogens (tertiary/aromatic N) is 1. The van der Waals surface area contributed by atoms with Crippen molar-refractivity contribution in [2.45, 2.75) is 18.7 Å². The topological polar surface area (TPSA) is 92.4 Å². The van der Waals surface area contributed by atoms with Crippen LogP contribution in [0.15, 0.2) is 58.0 Å². The van der Waals surface area contributed by atoms with Crippen LogP contribution in [0.3, 0.4) is 0 Å². The van der Waals surface area contributed by atoms with Gasteiger partial charge in [-0.15, -0.1) is 0 Å². The number of oxazole rings is 1. The molecular weight excluding hydrogens is 328 g/mol. The minimum Gasteiger partial charge on any atom is -0.506 e. The molecule has 1 heterocycles. The van der Waals surface area contributed by atoms with Crippen LogP contribution in [0.1, 0.15) is 11.5 Å². The molecule has 0 fully saturated rings. The molecule has 1 aromatic heterocycles. The summed E-state index contributed by atoms with van der Waals surface area (Å²) in [5.41, 5.74) is 2.37. The van der Waals surface area contributed by atoms with E-state index in [0.717, 1.165) is 11.1 Å². The predicted molar refractivity (Wildman–Crippen MR) is 90.3 cm³/mol. The average molecular weight is 344 g/mol. The summed E-state index contributed by atoms with van der Waals surface area (Å²) in [6.07, 6.45) is 1.52. The third-order valence-electron chi connectivity index (χ3n) is 3.48. The van der Waals surface area contributed by atoms with Gasteiger partial charge in [0, 0.05) is 12.5 Å². The highest BCUT2D eigenvalue weighted by Gasteiger charge is 2.16. The van der Waals surface area contributed by atoms with Crippen LogP contribution in [0.2, 0.25) is 0 Å². The zero-order chi connectivity index (χ0) is 17.3. The van der Waals surface area contributed by atoms with Gasteiger partial charge in [0.1, 0.15) is 17.7 Å². The quantitative estimate of drug-likeness (QED) is 0.707. The normalized spacial score (nSPS) is 11.4. The van der Waals surface area contributed by atoms with Crippen molar-refractivity contribution in [3.8, 4) is 17.0 Å². The standard InChI is InChI=1S/C17H16N2O4S/c1-11-3-8-17(20)15(9-11)19-24(21,22)14-6-4-13(5-7-14)16-10-23-12(2)18-16/h3-10,19-20H,1-2H3. The lowest BCUT2D eigenvalue weighted by Gasteiger charge is -2.10. The van der Waals surface area contributed by atoms with Gasteiger partial charge < -0.3 is 9.52 Å². The molecule has 0 unspecified atom stereocenters. The third-order valence-corrected chi connectivity index (χ3v) is 4.86. The van der Waals surface area contributed by atoms with Crippen LogP contribution >= 0.6 is 0 Å². The van der Waals surface area contributed by atoms with Gasteiger partial charge in [-0.1, -0.05) is 18.2 Å². The van der Waals surface area contributed by atoms with E-state index < -0.39 is 10.0 Å². The van der Waals surface area contributed by atoms with Crippen LogP contribution in [0.25, 0.3) is 11.3 Å². The molecule has 0 aliphatic heterocycles. The first-order valence-electron chi connectivity index (χ1n) is 7.20. The molecule has 0 saturated carbocycles. The van der Waals surface area contributed by atoms with E-state index in [4.69, 9.17) is 4.42 Å². The lowest BCUT2D eigenvalue weighted by atomic mass is 10.2. The highest BCUT2D eigenvalue weighted by atomic mass is 32.2. The molecule has 124 valence electrons. The molecule has 0 atom stereocenters. The van der Waals surface area contributed by atoms with E-state index in [1.807, 2.05) is 6.92 Å². The summed E-state index contributed by atoms with van der Waals surface area (Å²) in [5, 5.41) is 9.79. The molecule has 3 rings (SSSR count). The first kappa shape index (κ1) is 16.1. The van der Waals surface area contributed by atoms with Crippen molar-refractivity contribution < 1.29 is 17.9 Å². The molecule has 0 bridgehead atoms. The number of aromatic nitrogens is 1. The Morgan fingerprint density at radius 3 is 2.42 bits per heavy atom. The van der Waals surface area contributed by atoms with Gasteiger partial charge in [-0.05, 0) is 36.8 Å². The van der Waals surface area contributed by atoms with Gasteiger partial charge in [0.05, 0.1) is 10.6 Å². The Morgan fingerprint density at radius 2 is 1.79 bits per heavy atom. The van der Waals surface area contributed by atoms with Crippen LogP contribution in [-0.4, -0.2) is 18.5 Å². The van der Waals surface area contributed by atoms with Crippen molar-refractivity contribution in [1.82, 2.24) is 4.98 Å². The molecule has 2 aromatic carbocycles. The Hall–Kier alpha value is -2.80. The highest BCUT2D eigenvalue weighted by Crippen LogP contribution is 2.27. The monoisotopic (exact) mass is 344 g/mol. The first-order valence-corrected chi connectivity index (χ1v) is 8.68. The maximum atomic E-state index is 12.5. The molecule has 0 saturated heterocycles. The van der Waals surface area contributed by atoms with Crippen LogP contribution in [0, 0.1) is 13.8 Å². The zero-order valence-electron chi connectivity index (χ0n) is 13.1. The van der Waals surface area contributed by atoms with Crippen molar-refractivity contribution in [2.75, 3.05) is 4.72 Å². The maximum absolute atomic E-state index is 12.5. The second-order valence-corrected chi connectivity index (χ2v) is 7.08. The number of aromatic hydroxyl groups is 1. The number of nitrogens with one attached hydrogen (secondary N) is 1. The van der Waals surface area contributed by atoms with Crippen molar-refractivity contribution in [1.29, 1.82) is 0 Å². The lowest BCUT2D eigenvalue weighted by Crippen LogP contribution is -2.13. The maximum Gasteiger partial charge on any atom is 0.262 e. The van der Waals surface area contributed by atoms with E-state index in [1.54, 1.807) is 31.2 Å². The van der Waals surface area contributed by atoms with E-state index in [-0.39, 0.29) is 16.3 Å². The average Bonchev–Trinajstić information content (AvgIpc) is 2.97. The van der Waals surface area contributed by atoms with E-state index in [9.17, 15) is 13.5 Å².